The van der Waals surface area contributed by atoms with Gasteiger partial charge in [0.25, 0.3) is 5.91 Å². The molecule has 0 spiro atoms. The molecule has 1 fully saturated rings. The van der Waals surface area contributed by atoms with Gasteiger partial charge in [-0.15, -0.1) is 11.3 Å². The molecule has 166 valence electrons. The van der Waals surface area contributed by atoms with Gasteiger partial charge in [0.05, 0.1) is 27.9 Å². The number of carbonyl (C=O) groups is 1. The number of fused-ring (bicyclic) bond motifs is 1. The lowest BCUT2D eigenvalue weighted by Crippen LogP contribution is -2.39. The lowest BCUT2D eigenvalue weighted by atomic mass is 10.1. The number of hydrogen-bond donors (Lipinski definition) is 0. The van der Waals surface area contributed by atoms with E-state index in [-0.39, 0.29) is 16.6 Å². The molecule has 3 aromatic rings. The van der Waals surface area contributed by atoms with Crippen LogP contribution in [0, 0.1) is 13.8 Å². The third-order valence-corrected chi connectivity index (χ3v) is 6.10. The van der Waals surface area contributed by atoms with Gasteiger partial charge in [-0.2, -0.15) is 18.3 Å². The van der Waals surface area contributed by atoms with E-state index in [1.54, 1.807) is 30.0 Å². The highest BCUT2D eigenvalue weighted by Crippen LogP contribution is 2.41. The van der Waals surface area contributed by atoms with Gasteiger partial charge in [-0.1, -0.05) is 0 Å². The van der Waals surface area contributed by atoms with Crippen molar-refractivity contribution in [3.05, 3.63) is 34.1 Å². The van der Waals surface area contributed by atoms with E-state index in [0.717, 1.165) is 34.8 Å². The molecule has 0 unspecified atom stereocenters. The fourth-order valence-electron chi connectivity index (χ4n) is 3.55. The maximum absolute atomic E-state index is 13.6. The van der Waals surface area contributed by atoms with Gasteiger partial charge < -0.3 is 0 Å². The summed E-state index contributed by atoms with van der Waals surface area (Å²) in [6.07, 6.45) is -2.66. The van der Waals surface area contributed by atoms with Gasteiger partial charge >= 0.3 is 6.18 Å². The van der Waals surface area contributed by atoms with Crippen LogP contribution in [0.3, 0.4) is 0 Å². The lowest BCUT2D eigenvalue weighted by Gasteiger charge is -2.23. The number of nitrogens with zero attached hydrogens (tertiary/aromatic N) is 5. The predicted octanol–water partition coefficient (Wildman–Crippen LogP) is 5.35. The van der Waals surface area contributed by atoms with Crippen molar-refractivity contribution < 1.29 is 18.0 Å². The Labute approximate surface area is 182 Å². The van der Waals surface area contributed by atoms with E-state index in [1.807, 2.05) is 20.8 Å². The Kier molecular flexibility index (Phi) is 5.11. The number of aryl methyl sites for hydroxylation is 2. The van der Waals surface area contributed by atoms with Crippen LogP contribution in [0.1, 0.15) is 67.0 Å². The normalized spacial score (nSPS) is 15.0. The summed E-state index contributed by atoms with van der Waals surface area (Å²) in [6.45, 7) is 7.94. The van der Waals surface area contributed by atoms with Gasteiger partial charge in [-0.3, -0.25) is 9.69 Å². The summed E-state index contributed by atoms with van der Waals surface area (Å²) in [7, 11) is 0. The van der Waals surface area contributed by atoms with Crippen molar-refractivity contribution in [1.29, 1.82) is 0 Å². The summed E-state index contributed by atoms with van der Waals surface area (Å²) in [4.78, 5) is 23.2. The Morgan fingerprint density at radius 1 is 1.23 bits per heavy atom. The Bertz CT molecular complexity index is 1150. The Morgan fingerprint density at radius 3 is 2.42 bits per heavy atom. The molecule has 3 heterocycles. The highest BCUT2D eigenvalue weighted by atomic mass is 32.1. The lowest BCUT2D eigenvalue weighted by molar-refractivity contribution is -0.118. The molecular weight excluding hydrogens is 427 g/mol. The van der Waals surface area contributed by atoms with Crippen LogP contribution in [0.25, 0.3) is 11.0 Å². The standard InChI is InChI=1S/C21H24F3N5OS/c1-11-9-31-19(25-11)28(10-21(22,23)24)18(30)14-8-15(13-6-7-13)26-17-16(14)12(2)27-29(17)20(3,4)5/h8-9,13H,6-7,10H2,1-5H3. The molecule has 4 rings (SSSR count). The van der Waals surface area contributed by atoms with Gasteiger partial charge in [-0.25, -0.2) is 14.6 Å². The zero-order valence-electron chi connectivity index (χ0n) is 18.0. The van der Waals surface area contributed by atoms with Gasteiger partial charge in [0.1, 0.15) is 6.54 Å². The van der Waals surface area contributed by atoms with Crippen LogP contribution in [0.15, 0.2) is 11.4 Å². The number of halogens is 3. The number of alkyl halides is 3. The largest absolute Gasteiger partial charge is 0.406 e. The quantitative estimate of drug-likeness (QED) is 0.537. The van der Waals surface area contributed by atoms with Crippen LogP contribution < -0.4 is 4.90 Å². The minimum absolute atomic E-state index is 0.0265. The predicted molar refractivity (Wildman–Crippen MR) is 114 cm³/mol. The fraction of sp³-hybridized carbons (Fsp3) is 0.524. The summed E-state index contributed by atoms with van der Waals surface area (Å²) in [5.74, 6) is -0.518. The van der Waals surface area contributed by atoms with E-state index in [1.165, 1.54) is 0 Å². The Morgan fingerprint density at radius 2 is 1.90 bits per heavy atom. The summed E-state index contributed by atoms with van der Waals surface area (Å²) >= 11 is 1.02. The monoisotopic (exact) mass is 451 g/mol. The van der Waals surface area contributed by atoms with E-state index >= 15 is 0 Å². The number of hydrogen-bond acceptors (Lipinski definition) is 5. The Hall–Kier alpha value is -2.49. The van der Waals surface area contributed by atoms with Crippen LogP contribution in [-0.2, 0) is 5.54 Å². The van der Waals surface area contributed by atoms with Crippen molar-refractivity contribution >= 4 is 33.4 Å². The van der Waals surface area contributed by atoms with Crippen molar-refractivity contribution in [2.24, 2.45) is 0 Å². The molecule has 0 aliphatic heterocycles. The first-order chi connectivity index (χ1) is 14.3. The maximum atomic E-state index is 13.6. The van der Waals surface area contributed by atoms with Crippen molar-refractivity contribution in [2.75, 3.05) is 11.4 Å². The molecule has 1 aliphatic carbocycles. The second-order valence-corrected chi connectivity index (χ2v) is 9.85. The molecular formula is C21H24F3N5OS. The van der Waals surface area contributed by atoms with Crippen LogP contribution in [0.5, 0.6) is 0 Å². The average molecular weight is 452 g/mol. The third kappa shape index (κ3) is 4.30. The van der Waals surface area contributed by atoms with E-state index in [9.17, 15) is 18.0 Å². The second kappa shape index (κ2) is 7.29. The highest BCUT2D eigenvalue weighted by molar-refractivity contribution is 7.14. The molecule has 0 N–H and O–H groups in total. The van der Waals surface area contributed by atoms with Gasteiger partial charge in [0.2, 0.25) is 0 Å². The number of carbonyl (C=O) groups excluding carboxylic acids is 1. The zero-order valence-corrected chi connectivity index (χ0v) is 18.9. The van der Waals surface area contributed by atoms with E-state index in [0.29, 0.717) is 22.4 Å². The first-order valence-corrected chi connectivity index (χ1v) is 10.9. The molecule has 10 heteroatoms. The molecule has 1 amide bonds. The molecule has 31 heavy (non-hydrogen) atoms. The smallest absolute Gasteiger partial charge is 0.275 e. The van der Waals surface area contributed by atoms with Crippen molar-refractivity contribution in [1.82, 2.24) is 19.7 Å². The van der Waals surface area contributed by atoms with E-state index in [2.05, 4.69) is 10.1 Å². The van der Waals surface area contributed by atoms with Crippen molar-refractivity contribution in [3.8, 4) is 0 Å². The molecule has 0 bridgehead atoms. The fourth-order valence-corrected chi connectivity index (χ4v) is 4.35. The number of amides is 1. The summed E-state index contributed by atoms with van der Waals surface area (Å²) in [5.41, 5.74) is 2.17. The van der Waals surface area contributed by atoms with Crippen LogP contribution in [0.2, 0.25) is 0 Å². The minimum Gasteiger partial charge on any atom is -0.275 e. The first kappa shape index (κ1) is 21.7. The summed E-state index contributed by atoms with van der Waals surface area (Å²) in [5, 5.41) is 6.73. The van der Waals surface area contributed by atoms with Gasteiger partial charge in [-0.05, 0) is 53.5 Å². The molecule has 0 radical (unpaired) electrons. The Balaban J connectivity index is 1.92. The average Bonchev–Trinajstić information content (AvgIpc) is 3.33. The maximum Gasteiger partial charge on any atom is 0.406 e. The number of aromatic nitrogens is 4. The first-order valence-electron chi connectivity index (χ1n) is 10.1. The minimum atomic E-state index is -4.56. The van der Waals surface area contributed by atoms with Crippen molar-refractivity contribution in [2.45, 2.75) is 65.1 Å². The van der Waals surface area contributed by atoms with Crippen LogP contribution >= 0.6 is 11.3 Å². The summed E-state index contributed by atoms with van der Waals surface area (Å²) < 4.78 is 42.0. The third-order valence-electron chi connectivity index (χ3n) is 5.11. The van der Waals surface area contributed by atoms with Gasteiger partial charge in [0.15, 0.2) is 10.8 Å². The van der Waals surface area contributed by atoms with Crippen LogP contribution in [-0.4, -0.2) is 38.4 Å². The molecule has 0 aromatic carbocycles. The number of pyridine rings is 1. The molecule has 3 aromatic heterocycles. The topological polar surface area (TPSA) is 63.9 Å². The number of thiazole rings is 1. The molecule has 6 nitrogen and oxygen atoms in total. The highest BCUT2D eigenvalue weighted by Gasteiger charge is 2.38. The SMILES string of the molecule is Cc1csc(N(CC(F)(F)F)C(=O)c2cc(C3CC3)nc3c2c(C)nn3C(C)(C)C)n1. The number of rotatable bonds is 4. The summed E-state index contributed by atoms with van der Waals surface area (Å²) in [6, 6.07) is 1.65. The molecule has 0 atom stereocenters. The van der Waals surface area contributed by atoms with E-state index in [4.69, 9.17) is 4.98 Å². The van der Waals surface area contributed by atoms with Crippen LogP contribution in [0.4, 0.5) is 18.3 Å². The molecule has 0 saturated heterocycles. The van der Waals surface area contributed by atoms with Crippen molar-refractivity contribution in [3.63, 3.8) is 0 Å². The second-order valence-electron chi connectivity index (χ2n) is 9.01. The zero-order chi connectivity index (χ0) is 22.7. The molecule has 1 aliphatic rings. The van der Waals surface area contributed by atoms with E-state index < -0.39 is 24.2 Å². The number of anilines is 1. The van der Waals surface area contributed by atoms with Gasteiger partial charge in [0, 0.05) is 17.0 Å². The molecule has 1 saturated carbocycles.